The van der Waals surface area contributed by atoms with Gasteiger partial charge in [0.05, 0.1) is 25.0 Å². The van der Waals surface area contributed by atoms with Crippen LogP contribution in [0.1, 0.15) is 37.9 Å². The van der Waals surface area contributed by atoms with Crippen molar-refractivity contribution in [1.29, 1.82) is 0 Å². The number of ether oxygens (including phenoxy) is 1. The number of rotatable bonds is 3. The molecule has 4 nitrogen and oxygen atoms in total. The van der Waals surface area contributed by atoms with Gasteiger partial charge in [-0.05, 0) is 18.3 Å². The normalized spacial score (nSPS) is 27.0. The minimum atomic E-state index is 0.0416. The van der Waals surface area contributed by atoms with Crippen LogP contribution >= 0.6 is 0 Å². The maximum atomic E-state index is 6.37. The average molecular weight is 223 g/mol. The quantitative estimate of drug-likeness (QED) is 0.851. The first-order chi connectivity index (χ1) is 7.65. The summed E-state index contributed by atoms with van der Waals surface area (Å²) < 4.78 is 7.16. The molecule has 0 spiro atoms. The van der Waals surface area contributed by atoms with E-state index in [4.69, 9.17) is 10.5 Å². The molecule has 0 bridgehead atoms. The Morgan fingerprint density at radius 1 is 1.56 bits per heavy atom. The van der Waals surface area contributed by atoms with Gasteiger partial charge >= 0.3 is 0 Å². The second kappa shape index (κ2) is 4.45. The van der Waals surface area contributed by atoms with Gasteiger partial charge in [-0.2, -0.15) is 5.10 Å². The molecule has 1 aromatic heterocycles. The molecule has 0 saturated heterocycles. The van der Waals surface area contributed by atoms with Gasteiger partial charge in [-0.3, -0.25) is 4.68 Å². The first-order valence-electron chi connectivity index (χ1n) is 5.96. The van der Waals surface area contributed by atoms with Crippen LogP contribution in [-0.4, -0.2) is 16.9 Å². The molecule has 1 aliphatic carbocycles. The summed E-state index contributed by atoms with van der Waals surface area (Å²) in [4.78, 5) is 0. The second-order valence-electron chi connectivity index (χ2n) is 4.82. The number of nitrogens with zero attached hydrogens (tertiary/aromatic N) is 2. The molecule has 1 saturated carbocycles. The fourth-order valence-electron chi connectivity index (χ4n) is 2.87. The van der Waals surface area contributed by atoms with Crippen LogP contribution in [0, 0.1) is 11.8 Å². The predicted molar refractivity (Wildman–Crippen MR) is 63.2 cm³/mol. The Morgan fingerprint density at radius 2 is 2.31 bits per heavy atom. The molecule has 0 aromatic carbocycles. The highest BCUT2D eigenvalue weighted by Crippen LogP contribution is 2.40. The van der Waals surface area contributed by atoms with Crippen LogP contribution in [0.25, 0.3) is 0 Å². The van der Waals surface area contributed by atoms with Gasteiger partial charge in [0, 0.05) is 7.05 Å². The minimum absolute atomic E-state index is 0.0416. The van der Waals surface area contributed by atoms with Crippen LogP contribution in [0.3, 0.4) is 0 Å². The highest BCUT2D eigenvalue weighted by Gasteiger charge is 2.32. The Kier molecular flexibility index (Phi) is 3.19. The van der Waals surface area contributed by atoms with E-state index in [0.29, 0.717) is 11.8 Å². The largest absolute Gasteiger partial charge is 0.493 e. The Morgan fingerprint density at radius 3 is 2.88 bits per heavy atom. The molecule has 4 heteroatoms. The molecule has 1 heterocycles. The lowest BCUT2D eigenvalue weighted by atomic mass is 9.88. The standard InChI is InChI=1S/C12H21N3O/c1-8-5-4-6-9(8)11(13)12-10(16-3)7-14-15(12)2/h7-9,11H,4-6,13H2,1-3H3. The van der Waals surface area contributed by atoms with Crippen LogP contribution in [0.15, 0.2) is 6.20 Å². The zero-order chi connectivity index (χ0) is 11.7. The first kappa shape index (κ1) is 11.5. The number of hydrogen-bond acceptors (Lipinski definition) is 3. The Balaban J connectivity index is 2.25. The van der Waals surface area contributed by atoms with Crippen molar-refractivity contribution in [2.24, 2.45) is 24.6 Å². The number of methoxy groups -OCH3 is 1. The molecule has 1 aliphatic rings. The van der Waals surface area contributed by atoms with Gasteiger partial charge in [0.25, 0.3) is 0 Å². The molecular weight excluding hydrogens is 202 g/mol. The van der Waals surface area contributed by atoms with E-state index in [9.17, 15) is 0 Å². The highest BCUT2D eigenvalue weighted by atomic mass is 16.5. The van der Waals surface area contributed by atoms with Crippen molar-refractivity contribution in [3.8, 4) is 5.75 Å². The van der Waals surface area contributed by atoms with Crippen LogP contribution in [-0.2, 0) is 7.05 Å². The Labute approximate surface area is 96.8 Å². The summed E-state index contributed by atoms with van der Waals surface area (Å²) in [6.07, 6.45) is 5.55. The monoisotopic (exact) mass is 223 g/mol. The summed E-state index contributed by atoms with van der Waals surface area (Å²) in [5.74, 6) is 2.08. The summed E-state index contributed by atoms with van der Waals surface area (Å²) in [5.41, 5.74) is 7.40. The van der Waals surface area contributed by atoms with Crippen molar-refractivity contribution in [2.45, 2.75) is 32.2 Å². The average Bonchev–Trinajstić information content (AvgIpc) is 2.83. The maximum Gasteiger partial charge on any atom is 0.161 e. The number of aryl methyl sites for hydroxylation is 1. The third-order valence-corrected chi connectivity index (χ3v) is 3.87. The Hall–Kier alpha value is -1.03. The zero-order valence-electron chi connectivity index (χ0n) is 10.3. The summed E-state index contributed by atoms with van der Waals surface area (Å²) in [6.45, 7) is 2.29. The topological polar surface area (TPSA) is 53.1 Å². The van der Waals surface area contributed by atoms with Crippen molar-refractivity contribution in [3.63, 3.8) is 0 Å². The van der Waals surface area contributed by atoms with Gasteiger partial charge in [-0.25, -0.2) is 0 Å². The Bertz CT molecular complexity index is 361. The van der Waals surface area contributed by atoms with E-state index in [1.165, 1.54) is 19.3 Å². The van der Waals surface area contributed by atoms with Crippen molar-refractivity contribution < 1.29 is 4.74 Å². The summed E-state index contributed by atoms with van der Waals surface area (Å²) >= 11 is 0. The lowest BCUT2D eigenvalue weighted by Gasteiger charge is -2.24. The molecule has 2 rings (SSSR count). The smallest absolute Gasteiger partial charge is 0.161 e. The van der Waals surface area contributed by atoms with Crippen molar-refractivity contribution in [1.82, 2.24) is 9.78 Å². The number of nitrogens with two attached hydrogens (primary N) is 1. The molecular formula is C12H21N3O. The highest BCUT2D eigenvalue weighted by molar-refractivity contribution is 5.28. The van der Waals surface area contributed by atoms with E-state index in [1.54, 1.807) is 13.3 Å². The first-order valence-corrected chi connectivity index (χ1v) is 5.96. The SMILES string of the molecule is COc1cnn(C)c1C(N)C1CCCC1C. The van der Waals surface area contributed by atoms with Gasteiger partial charge in [0.1, 0.15) is 0 Å². The molecule has 3 unspecified atom stereocenters. The van der Waals surface area contributed by atoms with Crippen molar-refractivity contribution in [3.05, 3.63) is 11.9 Å². The van der Waals surface area contributed by atoms with Crippen molar-refractivity contribution >= 4 is 0 Å². The molecule has 0 radical (unpaired) electrons. The fourth-order valence-corrected chi connectivity index (χ4v) is 2.87. The van der Waals surface area contributed by atoms with E-state index in [1.807, 2.05) is 11.7 Å². The molecule has 1 fully saturated rings. The van der Waals surface area contributed by atoms with E-state index in [0.717, 1.165) is 11.4 Å². The number of hydrogen-bond donors (Lipinski definition) is 1. The third-order valence-electron chi connectivity index (χ3n) is 3.87. The van der Waals surface area contributed by atoms with Gasteiger partial charge in [0.15, 0.2) is 5.75 Å². The van der Waals surface area contributed by atoms with E-state index >= 15 is 0 Å². The van der Waals surface area contributed by atoms with Gasteiger partial charge in [-0.15, -0.1) is 0 Å². The van der Waals surface area contributed by atoms with Crippen LogP contribution in [0.4, 0.5) is 0 Å². The molecule has 0 aliphatic heterocycles. The van der Waals surface area contributed by atoms with E-state index in [-0.39, 0.29) is 6.04 Å². The molecule has 3 atom stereocenters. The van der Waals surface area contributed by atoms with Crippen LogP contribution in [0.5, 0.6) is 5.75 Å². The van der Waals surface area contributed by atoms with E-state index < -0.39 is 0 Å². The number of aromatic nitrogens is 2. The summed E-state index contributed by atoms with van der Waals surface area (Å²) in [7, 11) is 3.60. The lowest BCUT2D eigenvalue weighted by molar-refractivity contribution is 0.325. The molecule has 0 amide bonds. The molecule has 16 heavy (non-hydrogen) atoms. The van der Waals surface area contributed by atoms with Gasteiger partial charge in [-0.1, -0.05) is 19.8 Å². The van der Waals surface area contributed by atoms with E-state index in [2.05, 4.69) is 12.0 Å². The molecule has 90 valence electrons. The second-order valence-corrected chi connectivity index (χ2v) is 4.82. The van der Waals surface area contributed by atoms with Crippen molar-refractivity contribution in [2.75, 3.05) is 7.11 Å². The summed E-state index contributed by atoms with van der Waals surface area (Å²) in [5, 5.41) is 4.22. The van der Waals surface area contributed by atoms with Crippen LogP contribution < -0.4 is 10.5 Å². The van der Waals surface area contributed by atoms with Gasteiger partial charge < -0.3 is 10.5 Å². The molecule has 2 N–H and O–H groups in total. The minimum Gasteiger partial charge on any atom is -0.493 e. The fraction of sp³-hybridized carbons (Fsp3) is 0.750. The summed E-state index contributed by atoms with van der Waals surface area (Å²) in [6, 6.07) is 0.0416. The molecule has 1 aromatic rings. The third kappa shape index (κ3) is 1.82. The predicted octanol–water partition coefficient (Wildman–Crippen LogP) is 1.86. The van der Waals surface area contributed by atoms with Gasteiger partial charge in [0.2, 0.25) is 0 Å². The van der Waals surface area contributed by atoms with Crippen LogP contribution in [0.2, 0.25) is 0 Å². The maximum absolute atomic E-state index is 6.37. The lowest BCUT2D eigenvalue weighted by Crippen LogP contribution is -2.26. The zero-order valence-corrected chi connectivity index (χ0v) is 10.3.